The summed E-state index contributed by atoms with van der Waals surface area (Å²) in [4.78, 5) is 11.4. The Morgan fingerprint density at radius 1 is 1.35 bits per heavy atom. The molecule has 0 aliphatic rings. The van der Waals surface area contributed by atoms with Crippen molar-refractivity contribution in [1.29, 1.82) is 0 Å². The van der Waals surface area contributed by atoms with E-state index in [-0.39, 0.29) is 18.2 Å². The van der Waals surface area contributed by atoms with Crippen molar-refractivity contribution in [2.24, 2.45) is 0 Å². The predicted molar refractivity (Wildman–Crippen MR) is 71.1 cm³/mol. The molecule has 0 atom stereocenters. The second kappa shape index (κ2) is 6.46. The van der Waals surface area contributed by atoms with Crippen LogP contribution in [0, 0.1) is 0 Å². The average molecular weight is 279 g/mol. The van der Waals surface area contributed by atoms with Crippen LogP contribution in [0.2, 0.25) is 0 Å². The number of amides is 1. The molecule has 0 spiro atoms. The molecule has 1 aromatic carbocycles. The minimum Gasteiger partial charge on any atom is -0.397 e. The Morgan fingerprint density at radius 3 is 2.47 bits per heavy atom. The monoisotopic (exact) mass is 278 g/mol. The zero-order valence-corrected chi connectivity index (χ0v) is 11.0. The van der Waals surface area contributed by atoms with Gasteiger partial charge in [0.2, 0.25) is 5.91 Å². The van der Waals surface area contributed by atoms with E-state index in [0.29, 0.717) is 11.4 Å². The van der Waals surface area contributed by atoms with Gasteiger partial charge in [0.1, 0.15) is 5.75 Å². The van der Waals surface area contributed by atoms with E-state index in [9.17, 15) is 13.2 Å². The summed E-state index contributed by atoms with van der Waals surface area (Å²) in [6.45, 7) is 1.50. The van der Waals surface area contributed by atoms with Gasteiger partial charge < -0.3 is 11.1 Å². The second-order valence-electron chi connectivity index (χ2n) is 3.31. The molecule has 5 nitrogen and oxygen atoms in total. The summed E-state index contributed by atoms with van der Waals surface area (Å²) >= 11 is 0. The number of carbonyl (C=O) groups excluding carboxylic acids is 1. The standard InChI is InChI=1S/C10H14N2O3S.ClH/c1-2-16(14,15)7-10(13)12-9-6-4-3-5-8(9)11;/h3-6H,2,7,11H2,1H3,(H,12,13);1H. The van der Waals surface area contributed by atoms with Crippen LogP contribution in [0.5, 0.6) is 0 Å². The number of rotatable bonds is 4. The van der Waals surface area contributed by atoms with E-state index in [1.807, 2.05) is 0 Å². The van der Waals surface area contributed by atoms with Gasteiger partial charge >= 0.3 is 0 Å². The maximum atomic E-state index is 11.4. The number of sulfone groups is 1. The molecule has 0 unspecified atom stereocenters. The summed E-state index contributed by atoms with van der Waals surface area (Å²) in [6, 6.07) is 6.68. The molecule has 96 valence electrons. The van der Waals surface area contributed by atoms with Crippen molar-refractivity contribution in [1.82, 2.24) is 0 Å². The fourth-order valence-corrected chi connectivity index (χ4v) is 1.77. The number of nitrogen functional groups attached to an aromatic ring is 1. The van der Waals surface area contributed by atoms with Crippen LogP contribution in [0.25, 0.3) is 0 Å². The number of nitrogens with two attached hydrogens (primary N) is 1. The summed E-state index contributed by atoms with van der Waals surface area (Å²) in [6.07, 6.45) is 0. The molecular weight excluding hydrogens is 264 g/mol. The molecule has 0 bridgehead atoms. The maximum Gasteiger partial charge on any atom is 0.239 e. The molecule has 1 aromatic rings. The number of carbonyl (C=O) groups is 1. The van der Waals surface area contributed by atoms with Gasteiger partial charge in [-0.2, -0.15) is 0 Å². The van der Waals surface area contributed by atoms with Crippen LogP contribution in [0.4, 0.5) is 11.4 Å². The first-order valence-corrected chi connectivity index (χ1v) is 6.61. The molecule has 0 aliphatic heterocycles. The van der Waals surface area contributed by atoms with Gasteiger partial charge in [0.05, 0.1) is 11.4 Å². The average Bonchev–Trinajstić information content (AvgIpc) is 2.21. The third-order valence-corrected chi connectivity index (χ3v) is 3.61. The van der Waals surface area contributed by atoms with Gasteiger partial charge in [-0.15, -0.1) is 12.4 Å². The zero-order chi connectivity index (χ0) is 12.2. The van der Waals surface area contributed by atoms with Gasteiger partial charge in [0.15, 0.2) is 9.84 Å². The smallest absolute Gasteiger partial charge is 0.239 e. The van der Waals surface area contributed by atoms with E-state index < -0.39 is 21.5 Å². The van der Waals surface area contributed by atoms with Crippen LogP contribution in [-0.4, -0.2) is 25.8 Å². The fourth-order valence-electron chi connectivity index (χ4n) is 1.10. The van der Waals surface area contributed by atoms with Crippen LogP contribution in [0.3, 0.4) is 0 Å². The van der Waals surface area contributed by atoms with Gasteiger partial charge in [-0.05, 0) is 12.1 Å². The van der Waals surface area contributed by atoms with Crippen LogP contribution in [0.1, 0.15) is 6.92 Å². The summed E-state index contributed by atoms with van der Waals surface area (Å²) in [5.41, 5.74) is 6.44. The number of hydrogen-bond donors (Lipinski definition) is 2. The molecule has 1 rings (SSSR count). The highest BCUT2D eigenvalue weighted by Crippen LogP contribution is 2.16. The van der Waals surface area contributed by atoms with Crippen LogP contribution >= 0.6 is 12.4 Å². The van der Waals surface area contributed by atoms with E-state index in [0.717, 1.165) is 0 Å². The Bertz CT molecular complexity index is 488. The summed E-state index contributed by atoms with van der Waals surface area (Å²) in [5.74, 6) is -1.14. The van der Waals surface area contributed by atoms with E-state index in [2.05, 4.69) is 5.32 Å². The summed E-state index contributed by atoms with van der Waals surface area (Å²) in [7, 11) is -3.30. The lowest BCUT2D eigenvalue weighted by molar-refractivity contribution is -0.113. The Balaban J connectivity index is 0.00000256. The lowest BCUT2D eigenvalue weighted by Gasteiger charge is -2.07. The molecule has 0 heterocycles. The predicted octanol–water partition coefficient (Wildman–Crippen LogP) is 1.06. The number of hydrogen-bond acceptors (Lipinski definition) is 4. The lowest BCUT2D eigenvalue weighted by Crippen LogP contribution is -2.24. The van der Waals surface area contributed by atoms with E-state index >= 15 is 0 Å². The first-order chi connectivity index (χ1) is 7.44. The molecule has 0 aromatic heterocycles. The van der Waals surface area contributed by atoms with Crippen LogP contribution < -0.4 is 11.1 Å². The SMILES string of the molecule is CCS(=O)(=O)CC(=O)Nc1ccccc1N.Cl. The van der Waals surface area contributed by atoms with E-state index in [1.54, 1.807) is 24.3 Å². The molecule has 0 radical (unpaired) electrons. The van der Waals surface area contributed by atoms with Crippen molar-refractivity contribution in [3.8, 4) is 0 Å². The minimum atomic E-state index is -3.30. The van der Waals surface area contributed by atoms with Crippen LogP contribution in [-0.2, 0) is 14.6 Å². The van der Waals surface area contributed by atoms with Crippen molar-refractivity contribution in [3.63, 3.8) is 0 Å². The highest BCUT2D eigenvalue weighted by atomic mass is 35.5. The Morgan fingerprint density at radius 2 is 1.94 bits per heavy atom. The minimum absolute atomic E-state index is 0. The molecular formula is C10H15ClN2O3S. The van der Waals surface area contributed by atoms with Crippen molar-refractivity contribution < 1.29 is 13.2 Å². The molecule has 17 heavy (non-hydrogen) atoms. The molecule has 3 N–H and O–H groups in total. The normalized spacial score (nSPS) is 10.4. The van der Waals surface area contributed by atoms with Crippen molar-refractivity contribution in [2.45, 2.75) is 6.92 Å². The first kappa shape index (κ1) is 15.7. The Hall–Kier alpha value is -1.27. The van der Waals surface area contributed by atoms with Crippen molar-refractivity contribution in [2.75, 3.05) is 22.6 Å². The second-order valence-corrected chi connectivity index (χ2v) is 5.67. The molecule has 7 heteroatoms. The topological polar surface area (TPSA) is 89.3 Å². The zero-order valence-electron chi connectivity index (χ0n) is 9.34. The van der Waals surface area contributed by atoms with E-state index in [1.165, 1.54) is 6.92 Å². The Labute approximate surface area is 107 Å². The molecule has 0 aliphatic carbocycles. The number of halogens is 1. The van der Waals surface area contributed by atoms with Crippen molar-refractivity contribution in [3.05, 3.63) is 24.3 Å². The molecule has 1 amide bonds. The number of anilines is 2. The fraction of sp³-hybridized carbons (Fsp3) is 0.300. The maximum absolute atomic E-state index is 11.4. The van der Waals surface area contributed by atoms with Gasteiger partial charge in [-0.3, -0.25) is 4.79 Å². The first-order valence-electron chi connectivity index (χ1n) is 4.79. The third-order valence-electron chi connectivity index (χ3n) is 2.03. The quantitative estimate of drug-likeness (QED) is 0.806. The lowest BCUT2D eigenvalue weighted by atomic mass is 10.3. The Kier molecular flexibility index (Phi) is 5.98. The third kappa shape index (κ3) is 5.06. The number of benzene rings is 1. The molecule has 0 saturated carbocycles. The molecule has 0 saturated heterocycles. The molecule has 0 fully saturated rings. The summed E-state index contributed by atoms with van der Waals surface area (Å²) < 4.78 is 22.4. The van der Waals surface area contributed by atoms with Gasteiger partial charge in [0, 0.05) is 5.75 Å². The number of nitrogens with one attached hydrogen (secondary N) is 1. The van der Waals surface area contributed by atoms with Gasteiger partial charge in [0.25, 0.3) is 0 Å². The largest absolute Gasteiger partial charge is 0.397 e. The van der Waals surface area contributed by atoms with Crippen molar-refractivity contribution >= 4 is 39.5 Å². The summed E-state index contributed by atoms with van der Waals surface area (Å²) in [5, 5.41) is 2.46. The highest BCUT2D eigenvalue weighted by Gasteiger charge is 2.14. The van der Waals surface area contributed by atoms with E-state index in [4.69, 9.17) is 5.73 Å². The van der Waals surface area contributed by atoms with Crippen LogP contribution in [0.15, 0.2) is 24.3 Å². The number of para-hydroxylation sites is 2. The highest BCUT2D eigenvalue weighted by molar-refractivity contribution is 7.92. The van der Waals surface area contributed by atoms with Gasteiger partial charge in [-0.1, -0.05) is 19.1 Å². The van der Waals surface area contributed by atoms with Gasteiger partial charge in [-0.25, -0.2) is 8.42 Å².